The summed E-state index contributed by atoms with van der Waals surface area (Å²) in [5, 5.41) is 22.5. The van der Waals surface area contributed by atoms with Crippen LogP contribution in [0.25, 0.3) is 0 Å². The topological polar surface area (TPSA) is 62.0 Å². The summed E-state index contributed by atoms with van der Waals surface area (Å²) in [6.07, 6.45) is 0. The molecule has 0 aliphatic heterocycles. The van der Waals surface area contributed by atoms with Crippen LogP contribution in [0, 0.1) is 6.92 Å². The van der Waals surface area contributed by atoms with Crippen molar-refractivity contribution >= 4 is 5.71 Å². The van der Waals surface area contributed by atoms with Gasteiger partial charge in [0.25, 0.3) is 0 Å². The predicted octanol–water partition coefficient (Wildman–Crippen LogP) is 2.94. The molecular weight excluding hydrogens is 242 g/mol. The Hall–Kier alpha value is -2.49. The number of phenolic OH excluding ortho intramolecular Hbond substituents is 1. The number of nitrogens with zero attached hydrogens (tertiary/aromatic N) is 1. The highest BCUT2D eigenvalue weighted by atomic mass is 16.5. The molecule has 19 heavy (non-hydrogen) atoms. The Morgan fingerprint density at radius 3 is 2.32 bits per heavy atom. The minimum Gasteiger partial charge on any atom is -0.507 e. The number of oxime groups is 1. The summed E-state index contributed by atoms with van der Waals surface area (Å²) >= 11 is 0. The summed E-state index contributed by atoms with van der Waals surface area (Å²) in [6, 6.07) is 12.4. The summed E-state index contributed by atoms with van der Waals surface area (Å²) in [4.78, 5) is 0. The Morgan fingerprint density at radius 1 is 1.11 bits per heavy atom. The van der Waals surface area contributed by atoms with Crippen molar-refractivity contribution in [1.29, 1.82) is 0 Å². The number of ether oxygens (including phenoxy) is 1. The van der Waals surface area contributed by atoms with Crippen molar-refractivity contribution in [2.45, 2.75) is 6.92 Å². The SMILES string of the molecule is COc1ccc(C(=NO)c2ccc(C)cc2)c(O)c1. The van der Waals surface area contributed by atoms with Crippen LogP contribution < -0.4 is 4.74 Å². The monoisotopic (exact) mass is 257 g/mol. The van der Waals surface area contributed by atoms with Crippen molar-refractivity contribution in [3.05, 3.63) is 59.2 Å². The molecule has 0 heterocycles. The maximum atomic E-state index is 9.97. The maximum absolute atomic E-state index is 9.97. The van der Waals surface area contributed by atoms with Gasteiger partial charge < -0.3 is 15.1 Å². The first-order valence-corrected chi connectivity index (χ1v) is 5.82. The Labute approximate surface area is 111 Å². The molecule has 0 aromatic heterocycles. The van der Waals surface area contributed by atoms with E-state index in [0.29, 0.717) is 17.0 Å². The van der Waals surface area contributed by atoms with E-state index in [1.165, 1.54) is 13.2 Å². The van der Waals surface area contributed by atoms with Gasteiger partial charge in [-0.05, 0) is 19.1 Å². The van der Waals surface area contributed by atoms with Crippen molar-refractivity contribution < 1.29 is 15.1 Å². The number of hydrogen-bond acceptors (Lipinski definition) is 4. The van der Waals surface area contributed by atoms with Crippen molar-refractivity contribution in [3.8, 4) is 11.5 Å². The quantitative estimate of drug-likeness (QED) is 0.505. The van der Waals surface area contributed by atoms with E-state index in [1.54, 1.807) is 12.1 Å². The highest BCUT2D eigenvalue weighted by molar-refractivity contribution is 6.14. The van der Waals surface area contributed by atoms with Gasteiger partial charge in [0.2, 0.25) is 0 Å². The fourth-order valence-electron chi connectivity index (χ4n) is 1.82. The third kappa shape index (κ3) is 2.68. The van der Waals surface area contributed by atoms with E-state index in [1.807, 2.05) is 31.2 Å². The zero-order valence-electron chi connectivity index (χ0n) is 10.8. The van der Waals surface area contributed by atoms with Crippen LogP contribution in [-0.2, 0) is 0 Å². The smallest absolute Gasteiger partial charge is 0.128 e. The Bertz CT molecular complexity index is 603. The number of methoxy groups -OCH3 is 1. The molecule has 98 valence electrons. The molecule has 2 aromatic rings. The van der Waals surface area contributed by atoms with E-state index in [-0.39, 0.29) is 5.75 Å². The lowest BCUT2D eigenvalue weighted by Gasteiger charge is -2.09. The van der Waals surface area contributed by atoms with Crippen molar-refractivity contribution in [3.63, 3.8) is 0 Å². The second kappa shape index (κ2) is 5.44. The molecule has 2 aromatic carbocycles. The van der Waals surface area contributed by atoms with Gasteiger partial charge in [-0.2, -0.15) is 0 Å². The second-order valence-corrected chi connectivity index (χ2v) is 4.20. The van der Waals surface area contributed by atoms with Crippen molar-refractivity contribution in [1.82, 2.24) is 0 Å². The van der Waals surface area contributed by atoms with Crippen LogP contribution >= 0.6 is 0 Å². The second-order valence-electron chi connectivity index (χ2n) is 4.20. The lowest BCUT2D eigenvalue weighted by atomic mass is 10.0. The molecule has 0 bridgehead atoms. The van der Waals surface area contributed by atoms with Gasteiger partial charge in [-0.15, -0.1) is 0 Å². The van der Waals surface area contributed by atoms with E-state index in [9.17, 15) is 10.3 Å². The van der Waals surface area contributed by atoms with Gasteiger partial charge in [0, 0.05) is 17.2 Å². The predicted molar refractivity (Wildman–Crippen MR) is 73.3 cm³/mol. The Morgan fingerprint density at radius 2 is 1.79 bits per heavy atom. The Balaban J connectivity index is 2.46. The van der Waals surface area contributed by atoms with Crippen LogP contribution in [0.2, 0.25) is 0 Å². The molecule has 4 heteroatoms. The van der Waals surface area contributed by atoms with E-state index in [4.69, 9.17) is 4.74 Å². The standard InChI is InChI=1S/C15H15NO3/c1-10-3-5-11(6-4-10)15(16-18)13-8-7-12(19-2)9-14(13)17/h3-9,17-18H,1-2H3. The fourth-order valence-corrected chi connectivity index (χ4v) is 1.82. The molecule has 4 nitrogen and oxygen atoms in total. The molecule has 0 spiro atoms. The minimum absolute atomic E-state index is 0.00715. The van der Waals surface area contributed by atoms with Crippen LogP contribution in [0.3, 0.4) is 0 Å². The normalized spacial score (nSPS) is 11.4. The van der Waals surface area contributed by atoms with Crippen LogP contribution in [-0.4, -0.2) is 23.1 Å². The van der Waals surface area contributed by atoms with Crippen LogP contribution in [0.15, 0.2) is 47.6 Å². The molecule has 0 aliphatic carbocycles. The summed E-state index contributed by atoms with van der Waals surface area (Å²) in [6.45, 7) is 1.98. The average molecular weight is 257 g/mol. The molecule has 2 rings (SSSR count). The number of aryl methyl sites for hydroxylation is 1. The van der Waals surface area contributed by atoms with E-state index in [2.05, 4.69) is 5.16 Å². The highest BCUT2D eigenvalue weighted by Gasteiger charge is 2.13. The lowest BCUT2D eigenvalue weighted by molar-refractivity contribution is 0.319. The van der Waals surface area contributed by atoms with Gasteiger partial charge in [0.1, 0.15) is 17.2 Å². The first kappa shape index (κ1) is 13.0. The molecule has 0 aliphatic rings. The van der Waals surface area contributed by atoms with E-state index in [0.717, 1.165) is 11.1 Å². The third-order valence-electron chi connectivity index (χ3n) is 2.89. The molecule has 0 amide bonds. The number of aromatic hydroxyl groups is 1. The van der Waals surface area contributed by atoms with Crippen LogP contribution in [0.1, 0.15) is 16.7 Å². The van der Waals surface area contributed by atoms with Gasteiger partial charge in [-0.25, -0.2) is 0 Å². The number of benzene rings is 2. The van der Waals surface area contributed by atoms with Crippen LogP contribution in [0.4, 0.5) is 0 Å². The molecule has 0 fully saturated rings. The lowest BCUT2D eigenvalue weighted by Crippen LogP contribution is -2.04. The van der Waals surface area contributed by atoms with Crippen molar-refractivity contribution in [2.75, 3.05) is 7.11 Å². The van der Waals surface area contributed by atoms with Gasteiger partial charge >= 0.3 is 0 Å². The molecular formula is C15H15NO3. The zero-order valence-corrected chi connectivity index (χ0v) is 10.8. The molecule has 2 N–H and O–H groups in total. The number of phenols is 1. The first-order valence-electron chi connectivity index (χ1n) is 5.82. The highest BCUT2D eigenvalue weighted by Crippen LogP contribution is 2.26. The fraction of sp³-hybridized carbons (Fsp3) is 0.133. The summed E-state index contributed by atoms with van der Waals surface area (Å²) in [5.41, 5.74) is 2.61. The van der Waals surface area contributed by atoms with Gasteiger partial charge in [-0.1, -0.05) is 35.0 Å². The summed E-state index contributed by atoms with van der Waals surface area (Å²) in [7, 11) is 1.52. The van der Waals surface area contributed by atoms with Crippen LogP contribution in [0.5, 0.6) is 11.5 Å². The van der Waals surface area contributed by atoms with Crippen molar-refractivity contribution in [2.24, 2.45) is 5.16 Å². The Kier molecular flexibility index (Phi) is 3.71. The number of hydrogen-bond donors (Lipinski definition) is 2. The molecule has 0 atom stereocenters. The molecule has 0 saturated heterocycles. The maximum Gasteiger partial charge on any atom is 0.128 e. The van der Waals surface area contributed by atoms with E-state index < -0.39 is 0 Å². The van der Waals surface area contributed by atoms with E-state index >= 15 is 0 Å². The first-order chi connectivity index (χ1) is 9.15. The van der Waals surface area contributed by atoms with Gasteiger partial charge in [0.15, 0.2) is 0 Å². The minimum atomic E-state index is 0.00715. The molecule has 0 unspecified atom stereocenters. The van der Waals surface area contributed by atoms with Gasteiger partial charge in [-0.3, -0.25) is 0 Å². The average Bonchev–Trinajstić information content (AvgIpc) is 2.43. The largest absolute Gasteiger partial charge is 0.507 e. The molecule has 0 saturated carbocycles. The summed E-state index contributed by atoms with van der Waals surface area (Å²) < 4.78 is 5.02. The van der Waals surface area contributed by atoms with Gasteiger partial charge in [0.05, 0.1) is 7.11 Å². The number of rotatable bonds is 3. The zero-order chi connectivity index (χ0) is 13.8. The molecule has 0 radical (unpaired) electrons. The summed E-state index contributed by atoms with van der Waals surface area (Å²) in [5.74, 6) is 0.551. The third-order valence-corrected chi connectivity index (χ3v) is 2.89.